The maximum absolute atomic E-state index is 11.4. The summed E-state index contributed by atoms with van der Waals surface area (Å²) in [6, 6.07) is 8.44. The van der Waals surface area contributed by atoms with Crippen LogP contribution in [0.25, 0.3) is 0 Å². The van der Waals surface area contributed by atoms with Gasteiger partial charge in [0.05, 0.1) is 0 Å². The summed E-state index contributed by atoms with van der Waals surface area (Å²) in [5, 5.41) is 23.6. The van der Waals surface area contributed by atoms with Crippen LogP contribution >= 0.6 is 0 Å². The third-order valence-corrected chi connectivity index (χ3v) is 2.28. The lowest BCUT2D eigenvalue weighted by atomic mass is 10.1. The van der Waals surface area contributed by atoms with E-state index >= 15 is 0 Å². The van der Waals surface area contributed by atoms with E-state index in [1.54, 1.807) is 24.3 Å². The molecule has 0 saturated heterocycles. The minimum Gasteiger partial charge on any atom is -0.508 e. The second-order valence-corrected chi connectivity index (χ2v) is 3.30. The highest BCUT2D eigenvalue weighted by Gasteiger charge is 2.22. The lowest BCUT2D eigenvalue weighted by Crippen LogP contribution is -2.41. The Balaban J connectivity index is 2.28. The number of aromatic hydroxyl groups is 1. The van der Waals surface area contributed by atoms with E-state index in [-0.39, 0.29) is 11.3 Å². The fraction of sp³-hybridized carbons (Fsp3) is 0.0909. The Morgan fingerprint density at radius 2 is 2.12 bits per heavy atom. The Labute approximate surface area is 92.0 Å². The van der Waals surface area contributed by atoms with Crippen LogP contribution in [0, 0.1) is 11.3 Å². The Morgan fingerprint density at radius 3 is 2.75 bits per heavy atom. The monoisotopic (exact) mass is 215 g/mol. The van der Waals surface area contributed by atoms with Crippen molar-refractivity contribution in [3.8, 4) is 11.8 Å². The first-order valence-corrected chi connectivity index (χ1v) is 4.67. The molecule has 5 nitrogen and oxygen atoms in total. The molecule has 1 aromatic rings. The van der Waals surface area contributed by atoms with E-state index in [9.17, 15) is 9.90 Å². The molecule has 3 N–H and O–H groups in total. The van der Waals surface area contributed by atoms with Crippen molar-refractivity contribution in [2.24, 2.45) is 0 Å². The molecule has 0 spiro atoms. The zero-order valence-corrected chi connectivity index (χ0v) is 8.27. The van der Waals surface area contributed by atoms with Crippen LogP contribution in [0.1, 0.15) is 11.7 Å². The standard InChI is InChI=1S/C11H9N3O2/c12-5-7-6-13-10(14-11(7)16)8-3-1-2-4-9(8)15/h1-4,6,10,13,15H,(H,14,16). The molecule has 1 unspecified atom stereocenters. The van der Waals surface area contributed by atoms with Gasteiger partial charge in [-0.05, 0) is 6.07 Å². The summed E-state index contributed by atoms with van der Waals surface area (Å²) in [5.74, 6) is -0.358. The first-order chi connectivity index (χ1) is 7.72. The van der Waals surface area contributed by atoms with Gasteiger partial charge in [-0.1, -0.05) is 18.2 Å². The minimum absolute atomic E-state index is 0.0201. The van der Waals surface area contributed by atoms with Crippen molar-refractivity contribution < 1.29 is 9.90 Å². The molecule has 1 atom stereocenters. The third kappa shape index (κ3) is 1.68. The van der Waals surface area contributed by atoms with E-state index in [2.05, 4.69) is 10.6 Å². The average molecular weight is 215 g/mol. The highest BCUT2D eigenvalue weighted by Crippen LogP contribution is 2.23. The summed E-state index contributed by atoms with van der Waals surface area (Å²) in [6.07, 6.45) is 0.835. The molecule has 80 valence electrons. The van der Waals surface area contributed by atoms with Crippen LogP contribution in [0.5, 0.6) is 5.75 Å². The molecular formula is C11H9N3O2. The van der Waals surface area contributed by atoms with E-state index in [1.165, 1.54) is 12.3 Å². The molecule has 2 rings (SSSR count). The fourth-order valence-corrected chi connectivity index (χ4v) is 1.46. The van der Waals surface area contributed by atoms with Gasteiger partial charge >= 0.3 is 0 Å². The second-order valence-electron chi connectivity index (χ2n) is 3.30. The van der Waals surface area contributed by atoms with Gasteiger partial charge in [0.15, 0.2) is 0 Å². The van der Waals surface area contributed by atoms with Crippen LogP contribution in [0.15, 0.2) is 36.0 Å². The predicted molar refractivity (Wildman–Crippen MR) is 55.8 cm³/mol. The smallest absolute Gasteiger partial charge is 0.265 e. The van der Waals surface area contributed by atoms with Gasteiger partial charge < -0.3 is 15.7 Å². The molecule has 1 heterocycles. The first-order valence-electron chi connectivity index (χ1n) is 4.67. The molecule has 1 aliphatic heterocycles. The summed E-state index contributed by atoms with van der Waals surface area (Å²) in [4.78, 5) is 11.4. The minimum atomic E-state index is -0.509. The van der Waals surface area contributed by atoms with E-state index in [0.29, 0.717) is 5.56 Å². The molecule has 0 fully saturated rings. The quantitative estimate of drug-likeness (QED) is 0.637. The number of nitrogens with zero attached hydrogens (tertiary/aromatic N) is 1. The lowest BCUT2D eigenvalue weighted by molar-refractivity contribution is -0.118. The van der Waals surface area contributed by atoms with Crippen molar-refractivity contribution in [3.05, 3.63) is 41.6 Å². The van der Waals surface area contributed by atoms with Gasteiger partial charge in [0.2, 0.25) is 0 Å². The number of phenols is 1. The molecule has 5 heteroatoms. The predicted octanol–water partition coefficient (Wildman–Crippen LogP) is 0.518. The number of carbonyl (C=O) groups is 1. The van der Waals surface area contributed by atoms with Gasteiger partial charge in [-0.3, -0.25) is 4.79 Å². The number of nitriles is 1. The zero-order chi connectivity index (χ0) is 11.5. The molecule has 0 aromatic heterocycles. The Bertz CT molecular complexity index is 502. The Morgan fingerprint density at radius 1 is 1.38 bits per heavy atom. The van der Waals surface area contributed by atoms with Gasteiger partial charge in [-0.25, -0.2) is 0 Å². The molecule has 0 saturated carbocycles. The Kier molecular flexibility index (Phi) is 2.48. The molecule has 0 bridgehead atoms. The largest absolute Gasteiger partial charge is 0.508 e. The number of rotatable bonds is 1. The summed E-state index contributed by atoms with van der Waals surface area (Å²) >= 11 is 0. The van der Waals surface area contributed by atoms with Crippen molar-refractivity contribution >= 4 is 5.91 Å². The highest BCUT2D eigenvalue weighted by molar-refractivity contribution is 5.98. The number of carbonyl (C=O) groups excluding carboxylic acids is 1. The topological polar surface area (TPSA) is 85.2 Å². The molecule has 0 aliphatic carbocycles. The second kappa shape index (κ2) is 3.95. The molecule has 0 radical (unpaired) electrons. The number of nitrogens with one attached hydrogen (secondary N) is 2. The molecule has 1 aromatic carbocycles. The Hall–Kier alpha value is -2.48. The molecule has 16 heavy (non-hydrogen) atoms. The molecule has 1 amide bonds. The summed E-state index contributed by atoms with van der Waals surface area (Å²) in [5.41, 5.74) is 0.579. The lowest BCUT2D eigenvalue weighted by Gasteiger charge is -2.23. The molecule has 1 aliphatic rings. The van der Waals surface area contributed by atoms with Crippen molar-refractivity contribution in [1.82, 2.24) is 10.6 Å². The van der Waals surface area contributed by atoms with Crippen LogP contribution in [-0.4, -0.2) is 11.0 Å². The third-order valence-electron chi connectivity index (χ3n) is 2.28. The number of phenolic OH excluding ortho intramolecular Hbond substituents is 1. The van der Waals surface area contributed by atoms with Gasteiger partial charge in [0.25, 0.3) is 5.91 Å². The summed E-state index contributed by atoms with van der Waals surface area (Å²) < 4.78 is 0. The van der Waals surface area contributed by atoms with E-state index in [1.807, 2.05) is 0 Å². The van der Waals surface area contributed by atoms with Crippen molar-refractivity contribution in [3.63, 3.8) is 0 Å². The van der Waals surface area contributed by atoms with Gasteiger partial charge in [-0.15, -0.1) is 0 Å². The first kappa shape index (κ1) is 10.1. The van der Waals surface area contributed by atoms with Crippen molar-refractivity contribution in [2.75, 3.05) is 0 Å². The SMILES string of the molecule is N#CC1=CNC(c2ccccc2O)NC1=O. The van der Waals surface area contributed by atoms with Crippen LogP contribution in [0.4, 0.5) is 0 Å². The van der Waals surface area contributed by atoms with Crippen molar-refractivity contribution in [1.29, 1.82) is 5.26 Å². The van der Waals surface area contributed by atoms with Crippen LogP contribution in [0.2, 0.25) is 0 Å². The average Bonchev–Trinajstić information content (AvgIpc) is 2.29. The fourth-order valence-electron chi connectivity index (χ4n) is 1.46. The number of benzene rings is 1. The normalized spacial score (nSPS) is 19.1. The maximum atomic E-state index is 11.4. The van der Waals surface area contributed by atoms with Crippen LogP contribution in [-0.2, 0) is 4.79 Å². The summed E-state index contributed by atoms with van der Waals surface area (Å²) in [6.45, 7) is 0. The van der Waals surface area contributed by atoms with Crippen LogP contribution < -0.4 is 10.6 Å². The van der Waals surface area contributed by atoms with Gasteiger partial charge in [0, 0.05) is 11.8 Å². The van der Waals surface area contributed by atoms with E-state index in [4.69, 9.17) is 5.26 Å². The van der Waals surface area contributed by atoms with E-state index in [0.717, 1.165) is 0 Å². The molecular weight excluding hydrogens is 206 g/mol. The van der Waals surface area contributed by atoms with E-state index < -0.39 is 12.1 Å². The number of para-hydroxylation sites is 1. The van der Waals surface area contributed by atoms with Crippen LogP contribution in [0.3, 0.4) is 0 Å². The number of hydrogen-bond acceptors (Lipinski definition) is 4. The summed E-state index contributed by atoms with van der Waals surface area (Å²) in [7, 11) is 0. The maximum Gasteiger partial charge on any atom is 0.265 e. The number of amides is 1. The number of hydrogen-bond donors (Lipinski definition) is 3. The van der Waals surface area contributed by atoms with Crippen molar-refractivity contribution in [2.45, 2.75) is 6.17 Å². The zero-order valence-electron chi connectivity index (χ0n) is 8.27. The highest BCUT2D eigenvalue weighted by atomic mass is 16.3. The van der Waals surface area contributed by atoms with Gasteiger partial charge in [0.1, 0.15) is 23.6 Å². The van der Waals surface area contributed by atoms with Gasteiger partial charge in [-0.2, -0.15) is 5.26 Å².